The lowest BCUT2D eigenvalue weighted by Crippen LogP contribution is -2.30. The predicted molar refractivity (Wildman–Crippen MR) is 270 cm³/mol. The summed E-state index contributed by atoms with van der Waals surface area (Å²) in [6.07, 6.45) is 69.9. The molecule has 0 heterocycles. The average Bonchev–Trinajstić information content (AvgIpc) is 3.27. The van der Waals surface area contributed by atoms with Crippen LogP contribution in [0.25, 0.3) is 0 Å². The maximum atomic E-state index is 12.8. The van der Waals surface area contributed by atoms with Crippen LogP contribution in [0.3, 0.4) is 0 Å². The van der Waals surface area contributed by atoms with E-state index >= 15 is 0 Å². The van der Waals surface area contributed by atoms with Crippen molar-refractivity contribution in [2.75, 3.05) is 19.8 Å². The quantitative estimate of drug-likeness (QED) is 0.0347. The molecule has 5 heteroatoms. The molecular formula is C57H96O5. The number of carbonyl (C=O) groups is 2. The van der Waals surface area contributed by atoms with E-state index in [2.05, 4.69) is 118 Å². The molecular weight excluding hydrogens is 765 g/mol. The summed E-state index contributed by atoms with van der Waals surface area (Å²) in [7, 11) is 0. The lowest BCUT2D eigenvalue weighted by Gasteiger charge is -2.18. The molecule has 0 aromatic carbocycles. The Kier molecular flexibility index (Phi) is 49.5. The number of allylic oxidation sites excluding steroid dienone is 16. The molecule has 0 unspecified atom stereocenters. The van der Waals surface area contributed by atoms with Crippen LogP contribution in [-0.2, 0) is 23.8 Å². The minimum Gasteiger partial charge on any atom is -0.462 e. The fourth-order valence-corrected chi connectivity index (χ4v) is 6.84. The van der Waals surface area contributed by atoms with Gasteiger partial charge < -0.3 is 14.2 Å². The van der Waals surface area contributed by atoms with Crippen LogP contribution >= 0.6 is 0 Å². The van der Waals surface area contributed by atoms with Gasteiger partial charge in [0.15, 0.2) is 6.10 Å². The number of ether oxygens (including phenoxy) is 3. The number of esters is 2. The lowest BCUT2D eigenvalue weighted by molar-refractivity contribution is -0.163. The van der Waals surface area contributed by atoms with Crippen LogP contribution in [0.5, 0.6) is 0 Å². The Morgan fingerprint density at radius 3 is 1.13 bits per heavy atom. The van der Waals surface area contributed by atoms with Crippen molar-refractivity contribution in [3.8, 4) is 0 Å². The Morgan fingerprint density at radius 1 is 0.371 bits per heavy atom. The third kappa shape index (κ3) is 49.5. The zero-order valence-electron chi connectivity index (χ0n) is 40.6. The number of carbonyl (C=O) groups excluding carboxylic acids is 2. The molecule has 1 atom stereocenters. The van der Waals surface area contributed by atoms with Crippen molar-refractivity contribution < 1.29 is 23.8 Å². The molecule has 0 spiro atoms. The Balaban J connectivity index is 4.40. The van der Waals surface area contributed by atoms with Gasteiger partial charge in [0.05, 0.1) is 6.61 Å². The first-order valence-corrected chi connectivity index (χ1v) is 25.8. The van der Waals surface area contributed by atoms with E-state index in [9.17, 15) is 9.59 Å². The van der Waals surface area contributed by atoms with Gasteiger partial charge in [-0.3, -0.25) is 9.59 Å². The van der Waals surface area contributed by atoms with Gasteiger partial charge in [-0.05, 0) is 96.3 Å². The van der Waals surface area contributed by atoms with Crippen molar-refractivity contribution >= 4 is 11.9 Å². The minimum atomic E-state index is -0.578. The maximum Gasteiger partial charge on any atom is 0.306 e. The van der Waals surface area contributed by atoms with E-state index in [4.69, 9.17) is 14.2 Å². The highest BCUT2D eigenvalue weighted by molar-refractivity contribution is 5.70. The van der Waals surface area contributed by atoms with E-state index in [1.54, 1.807) is 0 Å². The van der Waals surface area contributed by atoms with Gasteiger partial charge in [0.2, 0.25) is 0 Å². The molecule has 0 N–H and O–H groups in total. The van der Waals surface area contributed by atoms with Crippen LogP contribution in [0.15, 0.2) is 97.2 Å². The molecule has 0 radical (unpaired) electrons. The first-order chi connectivity index (χ1) is 30.6. The fourth-order valence-electron chi connectivity index (χ4n) is 6.84. The summed E-state index contributed by atoms with van der Waals surface area (Å²) in [5.41, 5.74) is 0. The zero-order valence-corrected chi connectivity index (χ0v) is 40.6. The lowest BCUT2D eigenvalue weighted by atomic mass is 10.0. The molecule has 62 heavy (non-hydrogen) atoms. The molecule has 0 aliphatic heterocycles. The summed E-state index contributed by atoms with van der Waals surface area (Å²) in [6, 6.07) is 0. The molecule has 0 saturated heterocycles. The average molecular weight is 861 g/mol. The van der Waals surface area contributed by atoms with Gasteiger partial charge in [-0.2, -0.15) is 0 Å². The van der Waals surface area contributed by atoms with E-state index in [-0.39, 0.29) is 25.2 Å². The highest BCUT2D eigenvalue weighted by Crippen LogP contribution is 2.14. The summed E-state index contributed by atoms with van der Waals surface area (Å²) in [6.45, 7) is 7.52. The second-order valence-corrected chi connectivity index (χ2v) is 16.7. The third-order valence-electron chi connectivity index (χ3n) is 10.6. The highest BCUT2D eigenvalue weighted by atomic mass is 16.6. The monoisotopic (exact) mass is 861 g/mol. The summed E-state index contributed by atoms with van der Waals surface area (Å²) in [4.78, 5) is 25.4. The molecule has 0 aromatic heterocycles. The van der Waals surface area contributed by atoms with Gasteiger partial charge in [-0.15, -0.1) is 0 Å². The van der Waals surface area contributed by atoms with Gasteiger partial charge in [0, 0.05) is 19.4 Å². The largest absolute Gasteiger partial charge is 0.462 e. The van der Waals surface area contributed by atoms with Crippen molar-refractivity contribution in [1.82, 2.24) is 0 Å². The van der Waals surface area contributed by atoms with Crippen LogP contribution < -0.4 is 0 Å². The van der Waals surface area contributed by atoms with Crippen molar-refractivity contribution in [3.63, 3.8) is 0 Å². The zero-order chi connectivity index (χ0) is 44.9. The molecule has 0 fully saturated rings. The number of hydrogen-bond donors (Lipinski definition) is 0. The standard InChI is InChI=1S/C57H96O5/c1-4-7-10-13-16-19-22-25-28-31-34-37-40-43-46-49-52-60-53-55(62-57(59)51-48-45-42-39-36-33-30-27-24-21-18-15-12-9-6-3)54-61-56(58)50-47-44-41-38-35-32-29-26-23-20-17-14-11-8-5-2/h8-9,11-12,17-18,20-21,26-27,29-30,35-36,38-39,55H,4-7,10,13-16,19,22-25,28,31-34,37,40-54H2,1-3H3/b11-8-,12-9-,20-17-,21-18-,29-26-,30-27-,38-35-,39-36-/t55-/m1/s1. The highest BCUT2D eigenvalue weighted by Gasteiger charge is 2.17. The Labute approximate surface area is 383 Å². The Hall–Kier alpha value is -3.18. The molecule has 0 aliphatic carbocycles. The van der Waals surface area contributed by atoms with Crippen LogP contribution in [0.1, 0.15) is 226 Å². The molecule has 0 amide bonds. The van der Waals surface area contributed by atoms with Gasteiger partial charge in [-0.25, -0.2) is 0 Å². The van der Waals surface area contributed by atoms with Gasteiger partial charge in [0.25, 0.3) is 0 Å². The molecule has 0 saturated carbocycles. The second kappa shape index (κ2) is 52.2. The summed E-state index contributed by atoms with van der Waals surface area (Å²) in [5, 5.41) is 0. The molecule has 0 bridgehead atoms. The summed E-state index contributed by atoms with van der Waals surface area (Å²) in [5.74, 6) is -0.493. The van der Waals surface area contributed by atoms with Crippen LogP contribution in [0, 0.1) is 0 Å². The summed E-state index contributed by atoms with van der Waals surface area (Å²) < 4.78 is 17.3. The Morgan fingerprint density at radius 2 is 0.726 bits per heavy atom. The smallest absolute Gasteiger partial charge is 0.306 e. The van der Waals surface area contributed by atoms with Gasteiger partial charge in [0.1, 0.15) is 6.61 Å². The number of unbranched alkanes of at least 4 members (excludes halogenated alkanes) is 19. The van der Waals surface area contributed by atoms with Gasteiger partial charge in [-0.1, -0.05) is 214 Å². The molecule has 0 aliphatic rings. The SMILES string of the molecule is CC/C=C\C/C=C\C/C=C\C/C=C\CCCCC(=O)OC[C@@H](COCCCCCCCCCCCCCCCCCC)OC(=O)CCCC/C=C\C/C=C\C/C=C\C/C=C\CC. The van der Waals surface area contributed by atoms with E-state index in [0.29, 0.717) is 19.4 Å². The van der Waals surface area contributed by atoms with E-state index in [1.165, 1.54) is 89.9 Å². The van der Waals surface area contributed by atoms with E-state index in [0.717, 1.165) is 103 Å². The van der Waals surface area contributed by atoms with E-state index < -0.39 is 6.10 Å². The first-order valence-electron chi connectivity index (χ1n) is 25.8. The third-order valence-corrected chi connectivity index (χ3v) is 10.6. The molecule has 354 valence electrons. The van der Waals surface area contributed by atoms with Crippen LogP contribution in [0.2, 0.25) is 0 Å². The second-order valence-electron chi connectivity index (χ2n) is 16.7. The topological polar surface area (TPSA) is 61.8 Å². The predicted octanol–water partition coefficient (Wildman–Crippen LogP) is 17.5. The number of rotatable bonds is 46. The normalized spacial score (nSPS) is 13.0. The van der Waals surface area contributed by atoms with Gasteiger partial charge >= 0.3 is 11.9 Å². The Bertz CT molecular complexity index is 1200. The van der Waals surface area contributed by atoms with Crippen molar-refractivity contribution in [3.05, 3.63) is 97.2 Å². The van der Waals surface area contributed by atoms with Crippen molar-refractivity contribution in [1.29, 1.82) is 0 Å². The minimum absolute atomic E-state index is 0.0440. The molecule has 0 rings (SSSR count). The van der Waals surface area contributed by atoms with Crippen LogP contribution in [0.4, 0.5) is 0 Å². The maximum absolute atomic E-state index is 12.8. The van der Waals surface area contributed by atoms with Crippen molar-refractivity contribution in [2.45, 2.75) is 232 Å². The van der Waals surface area contributed by atoms with E-state index in [1.807, 2.05) is 0 Å². The fraction of sp³-hybridized carbons (Fsp3) is 0.684. The molecule has 5 nitrogen and oxygen atoms in total. The van der Waals surface area contributed by atoms with Crippen molar-refractivity contribution in [2.24, 2.45) is 0 Å². The van der Waals surface area contributed by atoms with Crippen LogP contribution in [-0.4, -0.2) is 37.9 Å². The first kappa shape index (κ1) is 58.8. The molecule has 0 aromatic rings. The summed E-state index contributed by atoms with van der Waals surface area (Å²) >= 11 is 0. The number of hydrogen-bond acceptors (Lipinski definition) is 5.